The van der Waals surface area contributed by atoms with Gasteiger partial charge in [0.25, 0.3) is 0 Å². The highest BCUT2D eigenvalue weighted by Crippen LogP contribution is 2.34. The van der Waals surface area contributed by atoms with Gasteiger partial charge in [0.15, 0.2) is 11.5 Å². The summed E-state index contributed by atoms with van der Waals surface area (Å²) in [6.45, 7) is 2.57. The van der Waals surface area contributed by atoms with Gasteiger partial charge >= 0.3 is 0 Å². The quantitative estimate of drug-likeness (QED) is 0.849. The number of ether oxygens (including phenoxy) is 2. The molecule has 0 atom stereocenters. The van der Waals surface area contributed by atoms with Crippen LogP contribution < -0.4 is 9.47 Å². The highest BCUT2D eigenvalue weighted by molar-refractivity contribution is 9.10. The molecule has 0 aliphatic rings. The summed E-state index contributed by atoms with van der Waals surface area (Å²) in [6.07, 6.45) is 0. The lowest BCUT2D eigenvalue weighted by Crippen LogP contribution is -2.02. The molecule has 0 saturated carbocycles. The maximum atomic E-state index is 9.32. The highest BCUT2D eigenvalue weighted by Gasteiger charge is 2.11. The summed E-state index contributed by atoms with van der Waals surface area (Å²) in [6, 6.07) is 13.0. The molecule has 22 heavy (non-hydrogen) atoms. The third-order valence-electron chi connectivity index (χ3n) is 3.10. The molecule has 4 nitrogen and oxygen atoms in total. The Labute approximate surface area is 138 Å². The Morgan fingerprint density at radius 3 is 2.55 bits per heavy atom. The van der Waals surface area contributed by atoms with E-state index in [1.807, 2.05) is 25.1 Å². The van der Waals surface area contributed by atoms with Gasteiger partial charge in [-0.05, 0) is 30.7 Å². The van der Waals surface area contributed by atoms with Crippen molar-refractivity contribution in [2.75, 3.05) is 6.61 Å². The fourth-order valence-corrected chi connectivity index (χ4v) is 2.44. The summed E-state index contributed by atoms with van der Waals surface area (Å²) in [4.78, 5) is 0. The van der Waals surface area contributed by atoms with Crippen molar-refractivity contribution >= 4 is 15.9 Å². The number of rotatable bonds is 6. The first-order valence-electron chi connectivity index (χ1n) is 6.86. The van der Waals surface area contributed by atoms with Gasteiger partial charge < -0.3 is 14.6 Å². The summed E-state index contributed by atoms with van der Waals surface area (Å²) < 4.78 is 12.1. The number of hydrogen-bond acceptors (Lipinski definition) is 4. The van der Waals surface area contributed by atoms with Crippen molar-refractivity contribution in [3.8, 4) is 17.6 Å². The van der Waals surface area contributed by atoms with Crippen LogP contribution in [-0.2, 0) is 13.2 Å². The van der Waals surface area contributed by atoms with E-state index >= 15 is 0 Å². The van der Waals surface area contributed by atoms with Gasteiger partial charge in [-0.3, -0.25) is 0 Å². The van der Waals surface area contributed by atoms with Crippen LogP contribution in [0.15, 0.2) is 40.9 Å². The summed E-state index contributed by atoms with van der Waals surface area (Å²) in [5.74, 6) is 1.14. The van der Waals surface area contributed by atoms with Crippen LogP contribution in [0.1, 0.15) is 23.6 Å². The van der Waals surface area contributed by atoms with Crippen molar-refractivity contribution in [2.45, 2.75) is 20.1 Å². The van der Waals surface area contributed by atoms with Gasteiger partial charge in [-0.2, -0.15) is 5.26 Å². The fourth-order valence-electron chi connectivity index (χ4n) is 1.99. The zero-order valence-electron chi connectivity index (χ0n) is 12.2. The molecule has 0 amide bonds. The van der Waals surface area contributed by atoms with Crippen molar-refractivity contribution in [3.05, 3.63) is 57.6 Å². The average molecular weight is 362 g/mol. The van der Waals surface area contributed by atoms with Gasteiger partial charge in [-0.25, -0.2) is 0 Å². The van der Waals surface area contributed by atoms with Gasteiger partial charge in [-0.15, -0.1) is 0 Å². The molecule has 5 heteroatoms. The van der Waals surface area contributed by atoms with Crippen LogP contribution in [0.2, 0.25) is 0 Å². The minimum atomic E-state index is -0.0851. The van der Waals surface area contributed by atoms with Crippen LogP contribution in [0.3, 0.4) is 0 Å². The lowest BCUT2D eigenvalue weighted by molar-refractivity contribution is 0.263. The summed E-state index contributed by atoms with van der Waals surface area (Å²) >= 11 is 3.40. The van der Waals surface area contributed by atoms with Gasteiger partial charge in [0.2, 0.25) is 0 Å². The number of aliphatic hydroxyl groups is 1. The first kappa shape index (κ1) is 16.3. The number of halogens is 1. The minimum Gasteiger partial charge on any atom is -0.490 e. The van der Waals surface area contributed by atoms with E-state index in [0.717, 1.165) is 15.6 Å². The molecule has 2 aromatic rings. The highest BCUT2D eigenvalue weighted by atomic mass is 79.9. The second-order valence-electron chi connectivity index (χ2n) is 4.54. The van der Waals surface area contributed by atoms with E-state index in [2.05, 4.69) is 22.0 Å². The van der Waals surface area contributed by atoms with Crippen molar-refractivity contribution in [2.24, 2.45) is 0 Å². The number of benzene rings is 2. The van der Waals surface area contributed by atoms with Crippen molar-refractivity contribution in [1.29, 1.82) is 5.26 Å². The molecular formula is C17H16BrNO3. The number of nitrogens with zero attached hydrogens (tertiary/aromatic N) is 1. The molecule has 0 unspecified atom stereocenters. The number of hydrogen-bond donors (Lipinski definition) is 1. The molecule has 114 valence electrons. The third-order valence-corrected chi connectivity index (χ3v) is 3.84. The Hall–Kier alpha value is -2.03. The first-order valence-corrected chi connectivity index (χ1v) is 7.65. The van der Waals surface area contributed by atoms with E-state index in [9.17, 15) is 5.11 Å². The van der Waals surface area contributed by atoms with Crippen LogP contribution in [0, 0.1) is 11.3 Å². The van der Waals surface area contributed by atoms with Crippen LogP contribution >= 0.6 is 15.9 Å². The van der Waals surface area contributed by atoms with Crippen molar-refractivity contribution < 1.29 is 14.6 Å². The van der Waals surface area contributed by atoms with Crippen molar-refractivity contribution in [3.63, 3.8) is 0 Å². The van der Waals surface area contributed by atoms with E-state index in [0.29, 0.717) is 23.7 Å². The zero-order chi connectivity index (χ0) is 15.9. The molecular weight excluding hydrogens is 346 g/mol. The largest absolute Gasteiger partial charge is 0.490 e. The van der Waals surface area contributed by atoms with E-state index in [1.165, 1.54) is 0 Å². The van der Waals surface area contributed by atoms with E-state index in [-0.39, 0.29) is 13.2 Å². The minimum absolute atomic E-state index is 0.0851. The van der Waals surface area contributed by atoms with Crippen LogP contribution in [0.5, 0.6) is 11.5 Å². The lowest BCUT2D eigenvalue weighted by atomic mass is 10.1. The van der Waals surface area contributed by atoms with E-state index in [4.69, 9.17) is 14.7 Å². The first-order chi connectivity index (χ1) is 10.7. The number of aliphatic hydroxyl groups excluding tert-OH is 1. The molecule has 0 aliphatic heterocycles. The summed E-state index contributed by atoms with van der Waals surface area (Å²) in [7, 11) is 0. The molecule has 0 heterocycles. The maximum Gasteiger partial charge on any atom is 0.162 e. The monoisotopic (exact) mass is 361 g/mol. The van der Waals surface area contributed by atoms with Crippen LogP contribution in [0.4, 0.5) is 0 Å². The fraction of sp³-hybridized carbons (Fsp3) is 0.235. The topological polar surface area (TPSA) is 62.5 Å². The Morgan fingerprint density at radius 2 is 1.86 bits per heavy atom. The standard InChI is InChI=1S/C17H16BrNO3/c1-2-21-16-7-14(10-20)15(18)8-17(16)22-11-13-6-4-3-5-12(13)9-19/h3-8,20H,2,10-11H2,1H3. The number of nitriles is 1. The summed E-state index contributed by atoms with van der Waals surface area (Å²) in [5, 5.41) is 18.4. The van der Waals surface area contributed by atoms with Crippen molar-refractivity contribution in [1.82, 2.24) is 0 Å². The Kier molecular flexibility index (Phi) is 5.82. The predicted octanol–water partition coefficient (Wildman–Crippen LogP) is 3.79. The third kappa shape index (κ3) is 3.79. The molecule has 0 aromatic heterocycles. The maximum absolute atomic E-state index is 9.32. The molecule has 0 saturated heterocycles. The van der Waals surface area contributed by atoms with Crippen LogP contribution in [-0.4, -0.2) is 11.7 Å². The van der Waals surface area contributed by atoms with Gasteiger partial charge in [0.1, 0.15) is 6.61 Å². The zero-order valence-corrected chi connectivity index (χ0v) is 13.8. The average Bonchev–Trinajstić information content (AvgIpc) is 2.55. The molecule has 0 spiro atoms. The normalized spacial score (nSPS) is 10.1. The van der Waals surface area contributed by atoms with Gasteiger partial charge in [-0.1, -0.05) is 34.1 Å². The molecule has 1 N–H and O–H groups in total. The van der Waals surface area contributed by atoms with Gasteiger partial charge in [0.05, 0.1) is 24.8 Å². The predicted molar refractivity (Wildman–Crippen MR) is 86.7 cm³/mol. The van der Waals surface area contributed by atoms with Crippen LogP contribution in [0.25, 0.3) is 0 Å². The molecule has 0 aliphatic carbocycles. The Morgan fingerprint density at radius 1 is 1.14 bits per heavy atom. The molecule has 2 aromatic carbocycles. The molecule has 0 bridgehead atoms. The summed E-state index contributed by atoms with van der Waals surface area (Å²) in [5.41, 5.74) is 2.13. The SMILES string of the molecule is CCOc1cc(CO)c(Br)cc1OCc1ccccc1C#N. The molecule has 0 radical (unpaired) electrons. The molecule has 2 rings (SSSR count). The second-order valence-corrected chi connectivity index (χ2v) is 5.39. The Bertz CT molecular complexity index is 695. The second kappa shape index (κ2) is 7.83. The lowest BCUT2D eigenvalue weighted by Gasteiger charge is -2.14. The van der Waals surface area contributed by atoms with E-state index < -0.39 is 0 Å². The van der Waals surface area contributed by atoms with Gasteiger partial charge in [0, 0.05) is 10.0 Å². The Balaban J connectivity index is 2.25. The smallest absolute Gasteiger partial charge is 0.162 e. The van der Waals surface area contributed by atoms with E-state index in [1.54, 1.807) is 18.2 Å². The molecule has 0 fully saturated rings.